The maximum atomic E-state index is 12.0. The molecule has 0 saturated carbocycles. The molecule has 18 heavy (non-hydrogen) atoms. The average Bonchev–Trinajstić information content (AvgIpc) is 2.37. The van der Waals surface area contributed by atoms with E-state index in [1.54, 1.807) is 0 Å². The number of rotatable bonds is 5. The number of carbonyl (C=O) groups excluding carboxylic acids is 1. The van der Waals surface area contributed by atoms with Crippen molar-refractivity contribution in [2.45, 2.75) is 39.3 Å². The predicted octanol–water partition coefficient (Wildman–Crippen LogP) is 2.89. The lowest BCUT2D eigenvalue weighted by atomic mass is 9.98. The molecule has 1 aromatic rings. The van der Waals surface area contributed by atoms with Crippen LogP contribution < -0.4 is 11.1 Å². The summed E-state index contributed by atoms with van der Waals surface area (Å²) >= 11 is 6.09. The maximum Gasteiger partial charge on any atom is 0.237 e. The Morgan fingerprint density at radius 1 is 1.39 bits per heavy atom. The second-order valence-corrected chi connectivity index (χ2v) is 5.07. The van der Waals surface area contributed by atoms with Crippen LogP contribution in [-0.4, -0.2) is 11.9 Å². The van der Waals surface area contributed by atoms with Gasteiger partial charge in [-0.3, -0.25) is 4.79 Å². The summed E-state index contributed by atoms with van der Waals surface area (Å²) in [5.74, 6) is 0.0419. The third kappa shape index (κ3) is 3.72. The van der Waals surface area contributed by atoms with Crippen LogP contribution in [0.4, 0.5) is 0 Å². The van der Waals surface area contributed by atoms with E-state index in [4.69, 9.17) is 17.3 Å². The highest BCUT2D eigenvalue weighted by Gasteiger charge is 2.21. The highest BCUT2D eigenvalue weighted by atomic mass is 35.5. The highest BCUT2D eigenvalue weighted by Crippen LogP contribution is 2.22. The van der Waals surface area contributed by atoms with Crippen molar-refractivity contribution in [3.63, 3.8) is 0 Å². The zero-order chi connectivity index (χ0) is 13.7. The second kappa shape index (κ2) is 6.76. The lowest BCUT2D eigenvalue weighted by Gasteiger charge is -2.21. The molecule has 1 aromatic carbocycles. The van der Waals surface area contributed by atoms with Gasteiger partial charge in [-0.05, 0) is 24.5 Å². The van der Waals surface area contributed by atoms with Crippen LogP contribution in [0.15, 0.2) is 24.3 Å². The van der Waals surface area contributed by atoms with Crippen LogP contribution in [-0.2, 0) is 4.79 Å². The molecule has 0 saturated heterocycles. The Bertz CT molecular complexity index is 409. The SMILES string of the molecule is CCC(C)C(N)C(=O)NC(C)c1ccccc1Cl. The highest BCUT2D eigenvalue weighted by molar-refractivity contribution is 6.31. The molecule has 3 atom stereocenters. The van der Waals surface area contributed by atoms with E-state index in [-0.39, 0.29) is 17.9 Å². The zero-order valence-electron chi connectivity index (χ0n) is 11.1. The van der Waals surface area contributed by atoms with Crippen molar-refractivity contribution in [1.82, 2.24) is 5.32 Å². The average molecular weight is 269 g/mol. The summed E-state index contributed by atoms with van der Waals surface area (Å²) in [4.78, 5) is 12.0. The molecule has 4 heteroatoms. The molecule has 3 unspecified atom stereocenters. The maximum absolute atomic E-state index is 12.0. The summed E-state index contributed by atoms with van der Waals surface area (Å²) in [6, 6.07) is 6.88. The molecule has 0 bridgehead atoms. The molecule has 1 amide bonds. The molecule has 0 radical (unpaired) electrons. The van der Waals surface area contributed by atoms with Gasteiger partial charge in [0.1, 0.15) is 0 Å². The first kappa shape index (κ1) is 15.0. The Labute approximate surface area is 114 Å². The number of nitrogens with two attached hydrogens (primary N) is 1. The number of benzene rings is 1. The summed E-state index contributed by atoms with van der Waals surface area (Å²) in [5.41, 5.74) is 6.80. The zero-order valence-corrected chi connectivity index (χ0v) is 11.9. The molecule has 0 fully saturated rings. The first-order valence-electron chi connectivity index (χ1n) is 6.27. The van der Waals surface area contributed by atoms with Crippen molar-refractivity contribution < 1.29 is 4.79 Å². The number of nitrogens with one attached hydrogen (secondary N) is 1. The minimum Gasteiger partial charge on any atom is -0.348 e. The Hall–Kier alpha value is -1.06. The molecular weight excluding hydrogens is 248 g/mol. The predicted molar refractivity (Wildman–Crippen MR) is 75.4 cm³/mol. The summed E-state index contributed by atoms with van der Waals surface area (Å²) in [7, 11) is 0. The number of carbonyl (C=O) groups is 1. The molecule has 100 valence electrons. The quantitative estimate of drug-likeness (QED) is 0.863. The van der Waals surface area contributed by atoms with Crippen molar-refractivity contribution in [3.8, 4) is 0 Å². The van der Waals surface area contributed by atoms with Gasteiger partial charge in [0.05, 0.1) is 12.1 Å². The molecule has 0 heterocycles. The molecule has 3 N–H and O–H groups in total. The standard InChI is InChI=1S/C14H21ClN2O/c1-4-9(2)13(16)14(18)17-10(3)11-7-5-6-8-12(11)15/h5-10,13H,4,16H2,1-3H3,(H,17,18). The van der Waals surface area contributed by atoms with E-state index in [1.165, 1.54) is 0 Å². The van der Waals surface area contributed by atoms with E-state index >= 15 is 0 Å². The molecule has 0 aliphatic heterocycles. The molecule has 0 spiro atoms. The van der Waals surface area contributed by atoms with Crippen LogP contribution in [0.2, 0.25) is 5.02 Å². The van der Waals surface area contributed by atoms with E-state index in [0.717, 1.165) is 12.0 Å². The van der Waals surface area contributed by atoms with Gasteiger partial charge in [0, 0.05) is 5.02 Å². The third-order valence-corrected chi connectivity index (χ3v) is 3.63. The summed E-state index contributed by atoms with van der Waals surface area (Å²) in [6.45, 7) is 5.90. The van der Waals surface area contributed by atoms with E-state index in [1.807, 2.05) is 45.0 Å². The van der Waals surface area contributed by atoms with Crippen molar-refractivity contribution in [2.24, 2.45) is 11.7 Å². The van der Waals surface area contributed by atoms with Crippen LogP contribution in [0.25, 0.3) is 0 Å². The molecule has 3 nitrogen and oxygen atoms in total. The van der Waals surface area contributed by atoms with Gasteiger partial charge < -0.3 is 11.1 Å². The number of hydrogen-bond acceptors (Lipinski definition) is 2. The molecular formula is C14H21ClN2O. The van der Waals surface area contributed by atoms with Gasteiger partial charge in [-0.25, -0.2) is 0 Å². The van der Waals surface area contributed by atoms with E-state index in [0.29, 0.717) is 5.02 Å². The topological polar surface area (TPSA) is 55.1 Å². The minimum atomic E-state index is -0.472. The van der Waals surface area contributed by atoms with Crippen molar-refractivity contribution >= 4 is 17.5 Å². The fourth-order valence-corrected chi connectivity index (χ4v) is 2.03. The lowest BCUT2D eigenvalue weighted by Crippen LogP contribution is -2.45. The number of amides is 1. The van der Waals surface area contributed by atoms with Crippen molar-refractivity contribution in [1.29, 1.82) is 0 Å². The Morgan fingerprint density at radius 3 is 2.56 bits per heavy atom. The van der Waals surface area contributed by atoms with Crippen LogP contribution in [0.5, 0.6) is 0 Å². The van der Waals surface area contributed by atoms with Gasteiger partial charge in [0.2, 0.25) is 5.91 Å². The normalized spacial score (nSPS) is 15.8. The second-order valence-electron chi connectivity index (χ2n) is 4.66. The molecule has 0 aromatic heterocycles. The minimum absolute atomic E-state index is 0.128. The van der Waals surface area contributed by atoms with Gasteiger partial charge in [-0.15, -0.1) is 0 Å². The summed E-state index contributed by atoms with van der Waals surface area (Å²) in [6.07, 6.45) is 0.884. The van der Waals surface area contributed by atoms with Gasteiger partial charge in [0.25, 0.3) is 0 Å². The first-order chi connectivity index (χ1) is 8.47. The first-order valence-corrected chi connectivity index (χ1v) is 6.65. The lowest BCUT2D eigenvalue weighted by molar-refractivity contribution is -0.124. The van der Waals surface area contributed by atoms with E-state index in [2.05, 4.69) is 5.32 Å². The van der Waals surface area contributed by atoms with Gasteiger partial charge in [-0.1, -0.05) is 50.1 Å². The molecule has 0 aliphatic rings. The third-order valence-electron chi connectivity index (χ3n) is 3.29. The van der Waals surface area contributed by atoms with Crippen LogP contribution in [0.3, 0.4) is 0 Å². The Morgan fingerprint density at radius 2 is 2.00 bits per heavy atom. The van der Waals surface area contributed by atoms with Gasteiger partial charge in [-0.2, -0.15) is 0 Å². The monoisotopic (exact) mass is 268 g/mol. The summed E-state index contributed by atoms with van der Waals surface area (Å²) < 4.78 is 0. The number of halogens is 1. The fourth-order valence-electron chi connectivity index (χ4n) is 1.73. The van der Waals surface area contributed by atoms with Crippen molar-refractivity contribution in [3.05, 3.63) is 34.9 Å². The van der Waals surface area contributed by atoms with E-state index in [9.17, 15) is 4.79 Å². The Kier molecular flexibility index (Phi) is 5.63. The number of hydrogen-bond donors (Lipinski definition) is 2. The summed E-state index contributed by atoms with van der Waals surface area (Å²) in [5, 5.41) is 3.56. The molecule has 1 rings (SSSR count). The molecule has 0 aliphatic carbocycles. The smallest absolute Gasteiger partial charge is 0.237 e. The van der Waals surface area contributed by atoms with Crippen LogP contribution in [0.1, 0.15) is 38.8 Å². The fraction of sp³-hybridized carbons (Fsp3) is 0.500. The van der Waals surface area contributed by atoms with Crippen LogP contribution >= 0.6 is 11.6 Å². The van der Waals surface area contributed by atoms with Gasteiger partial charge in [0.15, 0.2) is 0 Å². The van der Waals surface area contributed by atoms with Crippen molar-refractivity contribution in [2.75, 3.05) is 0 Å². The Balaban J connectivity index is 2.68. The van der Waals surface area contributed by atoms with Gasteiger partial charge >= 0.3 is 0 Å². The van der Waals surface area contributed by atoms with E-state index < -0.39 is 6.04 Å². The van der Waals surface area contributed by atoms with Crippen LogP contribution in [0, 0.1) is 5.92 Å². The largest absolute Gasteiger partial charge is 0.348 e.